The van der Waals surface area contributed by atoms with Crippen molar-refractivity contribution in [2.24, 2.45) is 0 Å². The first-order chi connectivity index (χ1) is 12.5. The SMILES string of the molecule is CO/C(C)=C/C=C(\C)N(C)CCN(C)CCC1OCCc2ccccc21. The van der Waals surface area contributed by atoms with Gasteiger partial charge < -0.3 is 19.3 Å². The van der Waals surface area contributed by atoms with Crippen LogP contribution in [-0.2, 0) is 15.9 Å². The van der Waals surface area contributed by atoms with E-state index >= 15 is 0 Å². The van der Waals surface area contributed by atoms with E-state index in [1.54, 1.807) is 7.11 Å². The molecule has 0 amide bonds. The summed E-state index contributed by atoms with van der Waals surface area (Å²) in [6.45, 7) is 8.00. The molecule has 4 heteroatoms. The molecule has 0 saturated heterocycles. The maximum atomic E-state index is 6.02. The summed E-state index contributed by atoms with van der Waals surface area (Å²) >= 11 is 0. The van der Waals surface area contributed by atoms with Crippen LogP contribution in [0.15, 0.2) is 47.9 Å². The molecular weight excluding hydrogens is 324 g/mol. The Morgan fingerprint density at radius 3 is 2.69 bits per heavy atom. The minimum absolute atomic E-state index is 0.240. The minimum atomic E-state index is 0.240. The Hall–Kier alpha value is -1.78. The topological polar surface area (TPSA) is 24.9 Å². The van der Waals surface area contributed by atoms with Crippen molar-refractivity contribution < 1.29 is 9.47 Å². The van der Waals surface area contributed by atoms with Crippen LogP contribution in [0.4, 0.5) is 0 Å². The van der Waals surface area contributed by atoms with Gasteiger partial charge in [-0.15, -0.1) is 0 Å². The van der Waals surface area contributed by atoms with Crippen LogP contribution in [0.3, 0.4) is 0 Å². The zero-order chi connectivity index (χ0) is 18.9. The van der Waals surface area contributed by atoms with Crippen molar-refractivity contribution in [1.29, 1.82) is 0 Å². The Morgan fingerprint density at radius 2 is 1.92 bits per heavy atom. The van der Waals surface area contributed by atoms with E-state index in [-0.39, 0.29) is 6.10 Å². The number of fused-ring (bicyclic) bond motifs is 1. The summed E-state index contributed by atoms with van der Waals surface area (Å²) in [6.07, 6.45) is 6.43. The summed E-state index contributed by atoms with van der Waals surface area (Å²) < 4.78 is 11.2. The molecule has 144 valence electrons. The highest BCUT2D eigenvalue weighted by Gasteiger charge is 2.20. The van der Waals surface area contributed by atoms with Crippen LogP contribution in [0.5, 0.6) is 0 Å². The average Bonchev–Trinajstić information content (AvgIpc) is 2.68. The third-order valence-corrected chi connectivity index (χ3v) is 5.17. The molecule has 26 heavy (non-hydrogen) atoms. The van der Waals surface area contributed by atoms with E-state index in [9.17, 15) is 0 Å². The molecule has 2 rings (SSSR count). The van der Waals surface area contributed by atoms with Crippen molar-refractivity contribution in [3.63, 3.8) is 0 Å². The number of ether oxygens (including phenoxy) is 2. The zero-order valence-corrected chi connectivity index (χ0v) is 17.0. The van der Waals surface area contributed by atoms with Crippen LogP contribution in [0.2, 0.25) is 0 Å². The zero-order valence-electron chi connectivity index (χ0n) is 17.0. The lowest BCUT2D eigenvalue weighted by molar-refractivity contribution is 0.0307. The summed E-state index contributed by atoms with van der Waals surface area (Å²) in [7, 11) is 6.02. The first kappa shape index (κ1) is 20.5. The van der Waals surface area contributed by atoms with Gasteiger partial charge >= 0.3 is 0 Å². The molecule has 1 aliphatic rings. The van der Waals surface area contributed by atoms with Crippen LogP contribution in [-0.4, -0.2) is 57.2 Å². The Balaban J connectivity index is 1.77. The van der Waals surface area contributed by atoms with Crippen LogP contribution in [0, 0.1) is 0 Å². The monoisotopic (exact) mass is 358 g/mol. The maximum absolute atomic E-state index is 6.02. The van der Waals surface area contributed by atoms with Gasteiger partial charge in [0.25, 0.3) is 0 Å². The molecule has 1 atom stereocenters. The first-order valence-corrected chi connectivity index (χ1v) is 9.49. The molecular formula is C22H34N2O2. The quantitative estimate of drug-likeness (QED) is 0.492. The van der Waals surface area contributed by atoms with E-state index in [0.29, 0.717) is 0 Å². The molecule has 0 saturated carbocycles. The maximum Gasteiger partial charge on any atom is 0.0925 e. The highest BCUT2D eigenvalue weighted by atomic mass is 16.5. The fourth-order valence-electron chi connectivity index (χ4n) is 3.10. The van der Waals surface area contributed by atoms with Crippen molar-refractivity contribution in [2.45, 2.75) is 32.8 Å². The fraction of sp³-hybridized carbons (Fsp3) is 0.545. The van der Waals surface area contributed by atoms with Crippen molar-refractivity contribution in [2.75, 3.05) is 47.4 Å². The van der Waals surface area contributed by atoms with Crippen LogP contribution < -0.4 is 0 Å². The predicted octanol–water partition coefficient (Wildman–Crippen LogP) is 4.01. The van der Waals surface area contributed by atoms with Gasteiger partial charge in [-0.2, -0.15) is 0 Å². The number of methoxy groups -OCH3 is 1. The third kappa shape index (κ3) is 6.19. The lowest BCUT2D eigenvalue weighted by atomic mass is 9.96. The number of nitrogens with zero attached hydrogens (tertiary/aromatic N) is 2. The van der Waals surface area contributed by atoms with Crippen LogP contribution in [0.1, 0.15) is 37.5 Å². The number of hydrogen-bond acceptors (Lipinski definition) is 4. The molecule has 4 nitrogen and oxygen atoms in total. The van der Waals surface area contributed by atoms with Gasteiger partial charge in [-0.25, -0.2) is 0 Å². The lowest BCUT2D eigenvalue weighted by Crippen LogP contribution is -2.31. The van der Waals surface area contributed by atoms with Gasteiger partial charge in [0.15, 0.2) is 0 Å². The van der Waals surface area contributed by atoms with Gasteiger partial charge in [-0.3, -0.25) is 0 Å². The van der Waals surface area contributed by atoms with E-state index in [2.05, 4.69) is 61.2 Å². The predicted molar refractivity (Wildman–Crippen MR) is 108 cm³/mol. The Bertz CT molecular complexity index is 624. The van der Waals surface area contributed by atoms with Crippen molar-refractivity contribution >= 4 is 0 Å². The molecule has 0 N–H and O–H groups in total. The average molecular weight is 359 g/mol. The lowest BCUT2D eigenvalue weighted by Gasteiger charge is -2.29. The summed E-state index contributed by atoms with van der Waals surface area (Å²) in [5.41, 5.74) is 4.06. The summed E-state index contributed by atoms with van der Waals surface area (Å²) in [6, 6.07) is 8.70. The third-order valence-electron chi connectivity index (χ3n) is 5.17. The minimum Gasteiger partial charge on any atom is -0.501 e. The van der Waals surface area contributed by atoms with E-state index in [1.807, 2.05) is 13.0 Å². The molecule has 0 aliphatic carbocycles. The molecule has 0 bridgehead atoms. The molecule has 1 unspecified atom stereocenters. The molecule has 1 heterocycles. The smallest absolute Gasteiger partial charge is 0.0925 e. The normalized spacial score (nSPS) is 18.0. The standard InChI is InChI=1S/C22H34N2O2/c1-18(10-11-19(2)25-5)24(4)16-15-23(3)14-12-22-21-9-7-6-8-20(21)13-17-26-22/h6-11,22H,12-17H2,1-5H3/b18-10+,19-11+. The van der Waals surface area contributed by atoms with Crippen molar-refractivity contribution in [3.05, 3.63) is 59.0 Å². The van der Waals surface area contributed by atoms with Gasteiger partial charge in [-0.1, -0.05) is 24.3 Å². The summed E-state index contributed by atoms with van der Waals surface area (Å²) in [5.74, 6) is 0.919. The summed E-state index contributed by atoms with van der Waals surface area (Å²) in [5, 5.41) is 0. The van der Waals surface area contributed by atoms with E-state index < -0.39 is 0 Å². The highest BCUT2D eigenvalue weighted by Crippen LogP contribution is 2.29. The van der Waals surface area contributed by atoms with Gasteiger partial charge in [0.2, 0.25) is 0 Å². The van der Waals surface area contributed by atoms with E-state index in [0.717, 1.165) is 44.8 Å². The molecule has 1 aromatic rings. The number of hydrogen-bond donors (Lipinski definition) is 0. The van der Waals surface area contributed by atoms with Gasteiger partial charge in [0.1, 0.15) is 0 Å². The van der Waals surface area contributed by atoms with Crippen molar-refractivity contribution in [1.82, 2.24) is 9.80 Å². The van der Waals surface area contributed by atoms with E-state index in [4.69, 9.17) is 9.47 Å². The molecule has 0 fully saturated rings. The highest BCUT2D eigenvalue weighted by molar-refractivity contribution is 5.30. The molecule has 0 radical (unpaired) electrons. The molecule has 0 aromatic heterocycles. The molecule has 1 aromatic carbocycles. The van der Waals surface area contributed by atoms with E-state index in [1.165, 1.54) is 16.8 Å². The number of allylic oxidation sites excluding steroid dienone is 4. The Morgan fingerprint density at radius 1 is 1.15 bits per heavy atom. The van der Waals surface area contributed by atoms with Gasteiger partial charge in [0.05, 0.1) is 25.6 Å². The molecule has 1 aliphatic heterocycles. The second kappa shape index (κ2) is 10.4. The first-order valence-electron chi connectivity index (χ1n) is 9.49. The van der Waals surface area contributed by atoms with Gasteiger partial charge in [-0.05, 0) is 57.0 Å². The number of benzene rings is 1. The number of rotatable bonds is 9. The second-order valence-corrected chi connectivity index (χ2v) is 7.11. The molecule has 0 spiro atoms. The van der Waals surface area contributed by atoms with Crippen LogP contribution in [0.25, 0.3) is 0 Å². The van der Waals surface area contributed by atoms with Crippen molar-refractivity contribution in [3.8, 4) is 0 Å². The largest absolute Gasteiger partial charge is 0.501 e. The summed E-state index contributed by atoms with van der Waals surface area (Å²) in [4.78, 5) is 4.67. The fourth-order valence-corrected chi connectivity index (χ4v) is 3.10. The van der Waals surface area contributed by atoms with Crippen LogP contribution >= 0.6 is 0 Å². The second-order valence-electron chi connectivity index (χ2n) is 7.11. The Kier molecular flexibility index (Phi) is 8.20. The Labute approximate surface area is 159 Å². The van der Waals surface area contributed by atoms with Gasteiger partial charge in [0, 0.05) is 32.4 Å². The number of likely N-dealkylation sites (N-methyl/N-ethyl adjacent to an activating group) is 2.